The van der Waals surface area contributed by atoms with Crippen LogP contribution in [0.15, 0.2) is 29.0 Å². The second kappa shape index (κ2) is 5.76. The summed E-state index contributed by atoms with van der Waals surface area (Å²) in [5, 5.41) is 8.86. The Morgan fingerprint density at radius 3 is 2.83 bits per heavy atom. The molecule has 2 aromatic rings. The number of carbonyl (C=O) groups excluding carboxylic acids is 1. The number of aromatic nitrogens is 3. The molecule has 7 heteroatoms. The van der Waals surface area contributed by atoms with Gasteiger partial charge in [0.25, 0.3) is 0 Å². The Hall–Kier alpha value is -2.44. The molecule has 0 aliphatic carbocycles. The molecule has 2 aromatic heterocycles. The number of nitrogens with zero attached hydrogens (tertiary/aromatic N) is 3. The number of urea groups is 1. The first-order valence-electron chi connectivity index (χ1n) is 5.48. The van der Waals surface area contributed by atoms with Gasteiger partial charge >= 0.3 is 6.03 Å². The average molecular weight is 247 g/mol. The number of anilines is 1. The van der Waals surface area contributed by atoms with Gasteiger partial charge in [0, 0.05) is 31.4 Å². The normalized spacial score (nSPS) is 10.1. The van der Waals surface area contributed by atoms with E-state index in [9.17, 15) is 4.79 Å². The van der Waals surface area contributed by atoms with Crippen LogP contribution in [0.3, 0.4) is 0 Å². The van der Waals surface area contributed by atoms with Gasteiger partial charge in [-0.3, -0.25) is 5.32 Å². The highest BCUT2D eigenvalue weighted by molar-refractivity contribution is 5.87. The highest BCUT2D eigenvalue weighted by Gasteiger charge is 2.05. The number of carbonyl (C=O) groups is 1. The van der Waals surface area contributed by atoms with Crippen LogP contribution in [0.4, 0.5) is 10.7 Å². The maximum absolute atomic E-state index is 11.5. The van der Waals surface area contributed by atoms with Gasteiger partial charge in [-0.1, -0.05) is 5.16 Å². The summed E-state index contributed by atoms with van der Waals surface area (Å²) in [6.07, 6.45) is 3.91. The molecule has 2 heterocycles. The van der Waals surface area contributed by atoms with Gasteiger partial charge in [-0.25, -0.2) is 14.8 Å². The minimum absolute atomic E-state index is 0.320. The third-order valence-corrected chi connectivity index (χ3v) is 2.12. The van der Waals surface area contributed by atoms with Crippen molar-refractivity contribution in [2.45, 2.75) is 13.3 Å². The molecule has 2 amide bonds. The van der Waals surface area contributed by atoms with Gasteiger partial charge in [0.1, 0.15) is 5.82 Å². The molecule has 7 nitrogen and oxygen atoms in total. The van der Waals surface area contributed by atoms with E-state index in [-0.39, 0.29) is 6.03 Å². The number of nitrogens with one attached hydrogen (secondary N) is 2. The Kier molecular flexibility index (Phi) is 3.85. The summed E-state index contributed by atoms with van der Waals surface area (Å²) >= 11 is 0. The molecular weight excluding hydrogens is 234 g/mol. The lowest BCUT2D eigenvalue weighted by Crippen LogP contribution is -2.30. The molecule has 0 spiro atoms. The SMILES string of the molecule is Cc1cc(NC(=O)NCCc2ncccn2)on1. The molecular formula is C11H13N5O2. The highest BCUT2D eigenvalue weighted by Crippen LogP contribution is 2.07. The molecule has 0 aromatic carbocycles. The smallest absolute Gasteiger partial charge is 0.321 e. The van der Waals surface area contributed by atoms with E-state index in [1.807, 2.05) is 0 Å². The van der Waals surface area contributed by atoms with Gasteiger partial charge in [0.05, 0.1) is 5.69 Å². The van der Waals surface area contributed by atoms with E-state index in [0.717, 1.165) is 0 Å². The first-order chi connectivity index (χ1) is 8.74. The predicted molar refractivity (Wildman–Crippen MR) is 64.0 cm³/mol. The van der Waals surface area contributed by atoms with Gasteiger partial charge in [-0.05, 0) is 13.0 Å². The zero-order valence-electron chi connectivity index (χ0n) is 9.88. The first-order valence-corrected chi connectivity index (χ1v) is 5.48. The third-order valence-electron chi connectivity index (χ3n) is 2.12. The molecule has 2 N–H and O–H groups in total. The fourth-order valence-electron chi connectivity index (χ4n) is 1.33. The second-order valence-corrected chi connectivity index (χ2v) is 3.63. The number of rotatable bonds is 4. The largest absolute Gasteiger partial charge is 0.338 e. The predicted octanol–water partition coefficient (Wildman–Crippen LogP) is 1.14. The molecule has 0 saturated heterocycles. The average Bonchev–Trinajstić information content (AvgIpc) is 2.76. The molecule has 0 bridgehead atoms. The van der Waals surface area contributed by atoms with Crippen LogP contribution in [-0.4, -0.2) is 27.7 Å². The molecule has 94 valence electrons. The molecule has 0 fully saturated rings. The van der Waals surface area contributed by atoms with Gasteiger partial charge in [0.2, 0.25) is 5.88 Å². The van der Waals surface area contributed by atoms with Crippen molar-refractivity contribution in [3.63, 3.8) is 0 Å². The zero-order valence-corrected chi connectivity index (χ0v) is 9.88. The maximum Gasteiger partial charge on any atom is 0.321 e. The van der Waals surface area contributed by atoms with E-state index in [2.05, 4.69) is 25.8 Å². The summed E-state index contributed by atoms with van der Waals surface area (Å²) in [5.41, 5.74) is 0.711. The Morgan fingerprint density at radius 2 is 2.17 bits per heavy atom. The van der Waals surface area contributed by atoms with Crippen molar-refractivity contribution in [2.75, 3.05) is 11.9 Å². The van der Waals surface area contributed by atoms with Crippen LogP contribution in [0.2, 0.25) is 0 Å². The van der Waals surface area contributed by atoms with Crippen molar-refractivity contribution >= 4 is 11.9 Å². The standard InChI is InChI=1S/C11H13N5O2/c1-8-7-10(18-16-8)15-11(17)14-6-3-9-12-4-2-5-13-9/h2,4-5,7H,3,6H2,1H3,(H2,14,15,17). The number of amides is 2. The lowest BCUT2D eigenvalue weighted by atomic mass is 10.4. The lowest BCUT2D eigenvalue weighted by Gasteiger charge is -2.03. The second-order valence-electron chi connectivity index (χ2n) is 3.63. The molecule has 0 atom stereocenters. The molecule has 0 unspecified atom stereocenters. The van der Waals surface area contributed by atoms with E-state index < -0.39 is 0 Å². The molecule has 18 heavy (non-hydrogen) atoms. The number of aryl methyl sites for hydroxylation is 1. The van der Waals surface area contributed by atoms with Crippen LogP contribution in [-0.2, 0) is 6.42 Å². The first kappa shape index (κ1) is 12.0. The van der Waals surface area contributed by atoms with E-state index in [0.29, 0.717) is 30.4 Å². The summed E-state index contributed by atoms with van der Waals surface area (Å²) in [7, 11) is 0. The minimum atomic E-state index is -0.345. The van der Waals surface area contributed by atoms with Crippen LogP contribution in [0.5, 0.6) is 0 Å². The van der Waals surface area contributed by atoms with Crippen LogP contribution < -0.4 is 10.6 Å². The topological polar surface area (TPSA) is 92.9 Å². The minimum Gasteiger partial charge on any atom is -0.338 e. The third kappa shape index (κ3) is 3.55. The quantitative estimate of drug-likeness (QED) is 0.845. The van der Waals surface area contributed by atoms with E-state index in [1.165, 1.54) is 0 Å². The van der Waals surface area contributed by atoms with Crippen LogP contribution in [0, 0.1) is 6.92 Å². The molecule has 0 saturated carbocycles. The van der Waals surface area contributed by atoms with Crippen LogP contribution in [0.25, 0.3) is 0 Å². The Bertz CT molecular complexity index is 511. The fraction of sp³-hybridized carbons (Fsp3) is 0.273. The van der Waals surface area contributed by atoms with Crippen molar-refractivity contribution in [2.24, 2.45) is 0 Å². The molecule has 0 aliphatic rings. The summed E-state index contributed by atoms with van der Waals surface area (Å²) in [6, 6.07) is 3.04. The van der Waals surface area contributed by atoms with E-state index in [1.54, 1.807) is 31.5 Å². The van der Waals surface area contributed by atoms with Crippen molar-refractivity contribution in [3.05, 3.63) is 36.0 Å². The lowest BCUT2D eigenvalue weighted by molar-refractivity contribution is 0.251. The van der Waals surface area contributed by atoms with Crippen LogP contribution in [0.1, 0.15) is 11.5 Å². The van der Waals surface area contributed by atoms with Crippen molar-refractivity contribution in [3.8, 4) is 0 Å². The van der Waals surface area contributed by atoms with Crippen molar-refractivity contribution < 1.29 is 9.32 Å². The Labute approximate surface area is 104 Å². The van der Waals surface area contributed by atoms with Gasteiger partial charge in [0.15, 0.2) is 0 Å². The molecule has 0 aliphatic heterocycles. The monoisotopic (exact) mass is 247 g/mol. The Morgan fingerprint density at radius 1 is 1.39 bits per heavy atom. The van der Waals surface area contributed by atoms with E-state index >= 15 is 0 Å². The summed E-state index contributed by atoms with van der Waals surface area (Å²) in [5.74, 6) is 1.01. The maximum atomic E-state index is 11.5. The van der Waals surface area contributed by atoms with Crippen molar-refractivity contribution in [1.82, 2.24) is 20.4 Å². The zero-order chi connectivity index (χ0) is 12.8. The van der Waals surface area contributed by atoms with Crippen LogP contribution >= 0.6 is 0 Å². The fourth-order valence-corrected chi connectivity index (χ4v) is 1.33. The highest BCUT2D eigenvalue weighted by atomic mass is 16.5. The van der Waals surface area contributed by atoms with Gasteiger partial charge in [-0.15, -0.1) is 0 Å². The van der Waals surface area contributed by atoms with E-state index in [4.69, 9.17) is 4.52 Å². The Balaban J connectivity index is 1.72. The van der Waals surface area contributed by atoms with Crippen molar-refractivity contribution in [1.29, 1.82) is 0 Å². The summed E-state index contributed by atoms with van der Waals surface area (Å²) in [6.45, 7) is 2.22. The van der Waals surface area contributed by atoms with Gasteiger partial charge < -0.3 is 9.84 Å². The molecule has 2 rings (SSSR count). The number of hydrogen-bond acceptors (Lipinski definition) is 5. The summed E-state index contributed by atoms with van der Waals surface area (Å²) < 4.78 is 4.85. The summed E-state index contributed by atoms with van der Waals surface area (Å²) in [4.78, 5) is 19.6. The number of hydrogen-bond donors (Lipinski definition) is 2. The molecule has 0 radical (unpaired) electrons. The van der Waals surface area contributed by atoms with Gasteiger partial charge in [-0.2, -0.15) is 0 Å².